The number of halogens is 1. The van der Waals surface area contributed by atoms with Gasteiger partial charge < -0.3 is 19.2 Å². The summed E-state index contributed by atoms with van der Waals surface area (Å²) in [6.07, 6.45) is 16.8. The van der Waals surface area contributed by atoms with Crippen LogP contribution in [0.2, 0.25) is 0 Å². The maximum Gasteiger partial charge on any atom is 0.569 e. The van der Waals surface area contributed by atoms with Crippen molar-refractivity contribution in [2.24, 2.45) is 0 Å². The van der Waals surface area contributed by atoms with Crippen LogP contribution < -0.4 is 14.1 Å². The van der Waals surface area contributed by atoms with E-state index >= 15 is 0 Å². The standard InChI is InChI=1S/C19H20O.C13H12BO3.C6H9Br/c1-3-7-16(8-4-1)15-20-19-13-11-18(12-14-19)17-9-5-2-6-10-17;15-14-17-13-8-6-12(7-9-13)16-10-11-4-2-1-3-5-11;7-6-4-2-1-3-5-6/h1,3-5,7-9,11-14,17H,2,6,10,15H2;1-9,15H,10H2;2,4,6H,1,3,5H2/t17-;;/m1../s1. The minimum atomic E-state index is 0.535. The van der Waals surface area contributed by atoms with Crippen molar-refractivity contribution in [3.8, 4) is 17.2 Å². The Hall–Kier alpha value is -3.74. The first-order valence-corrected chi connectivity index (χ1v) is 16.2. The number of hydrogen-bond donors (Lipinski definition) is 1. The lowest BCUT2D eigenvalue weighted by molar-refractivity contribution is 0.306. The number of hydrogen-bond acceptors (Lipinski definition) is 4. The normalized spacial score (nSPS) is 16.8. The monoisotopic (exact) mass is 651 g/mol. The van der Waals surface area contributed by atoms with Crippen LogP contribution in [0.1, 0.15) is 61.1 Å². The van der Waals surface area contributed by atoms with E-state index in [0.29, 0.717) is 37.4 Å². The van der Waals surface area contributed by atoms with Gasteiger partial charge >= 0.3 is 7.69 Å². The second-order valence-corrected chi connectivity index (χ2v) is 11.8. The Morgan fingerprint density at radius 2 is 1.11 bits per heavy atom. The van der Waals surface area contributed by atoms with Crippen LogP contribution in [0, 0.1) is 0 Å². The highest BCUT2D eigenvalue weighted by molar-refractivity contribution is 9.09. The van der Waals surface area contributed by atoms with Gasteiger partial charge in [0, 0.05) is 10.7 Å². The molecule has 2 aliphatic rings. The third kappa shape index (κ3) is 12.5. The molecule has 227 valence electrons. The molecule has 0 amide bonds. The van der Waals surface area contributed by atoms with Crippen LogP contribution in [0.3, 0.4) is 0 Å². The van der Waals surface area contributed by atoms with Crippen molar-refractivity contribution in [2.75, 3.05) is 0 Å². The molecule has 44 heavy (non-hydrogen) atoms. The van der Waals surface area contributed by atoms with Gasteiger partial charge in [-0.2, -0.15) is 0 Å². The summed E-state index contributed by atoms with van der Waals surface area (Å²) >= 11 is 3.50. The van der Waals surface area contributed by atoms with Crippen LogP contribution in [0.15, 0.2) is 133 Å². The highest BCUT2D eigenvalue weighted by Crippen LogP contribution is 2.29. The Morgan fingerprint density at radius 3 is 1.55 bits per heavy atom. The Labute approximate surface area is 271 Å². The van der Waals surface area contributed by atoms with Gasteiger partial charge in [-0.15, -0.1) is 0 Å². The van der Waals surface area contributed by atoms with E-state index in [0.717, 1.165) is 17.1 Å². The van der Waals surface area contributed by atoms with E-state index < -0.39 is 0 Å². The number of rotatable bonds is 9. The van der Waals surface area contributed by atoms with Crippen LogP contribution in [-0.2, 0) is 13.2 Å². The minimum Gasteiger partial charge on any atom is -0.537 e. The molecule has 2 aliphatic carbocycles. The molecule has 6 rings (SSSR count). The quantitative estimate of drug-likeness (QED) is 0.111. The zero-order valence-corrected chi connectivity index (χ0v) is 26.7. The molecule has 0 aromatic heterocycles. The summed E-state index contributed by atoms with van der Waals surface area (Å²) in [7, 11) is 0.653. The van der Waals surface area contributed by atoms with Gasteiger partial charge in [0.25, 0.3) is 0 Å². The number of alkyl halides is 1. The van der Waals surface area contributed by atoms with Crippen LogP contribution in [0.25, 0.3) is 0 Å². The molecule has 0 aliphatic heterocycles. The topological polar surface area (TPSA) is 47.9 Å². The first-order chi connectivity index (χ1) is 21.7. The minimum absolute atomic E-state index is 0.535. The smallest absolute Gasteiger partial charge is 0.537 e. The van der Waals surface area contributed by atoms with E-state index in [4.69, 9.17) is 19.2 Å². The van der Waals surface area contributed by atoms with Crippen molar-refractivity contribution in [3.05, 3.63) is 150 Å². The van der Waals surface area contributed by atoms with Gasteiger partial charge in [-0.1, -0.05) is 113 Å². The van der Waals surface area contributed by atoms with E-state index in [1.165, 1.54) is 49.7 Å². The summed E-state index contributed by atoms with van der Waals surface area (Å²) in [5.74, 6) is 2.86. The van der Waals surface area contributed by atoms with Crippen molar-refractivity contribution in [3.63, 3.8) is 0 Å². The third-order valence-electron chi connectivity index (χ3n) is 7.27. The highest BCUT2D eigenvalue weighted by atomic mass is 79.9. The van der Waals surface area contributed by atoms with Crippen LogP contribution in [-0.4, -0.2) is 17.5 Å². The predicted molar refractivity (Wildman–Crippen MR) is 184 cm³/mol. The summed E-state index contributed by atoms with van der Waals surface area (Å²) in [6.45, 7) is 1.16. The SMILES string of the molecule is BrC1C=CCCC1.C1=C[C@@H](c2ccc(OCc3ccccc3)cc2)CCC1.O[B]Oc1ccc(OCc2ccccc2)cc1. The molecule has 0 saturated carbocycles. The van der Waals surface area contributed by atoms with Crippen molar-refractivity contribution in [1.82, 2.24) is 0 Å². The lowest BCUT2D eigenvalue weighted by Gasteiger charge is -2.17. The fourth-order valence-electron chi connectivity index (χ4n) is 4.83. The average molecular weight is 652 g/mol. The molecule has 0 saturated heterocycles. The van der Waals surface area contributed by atoms with E-state index in [2.05, 4.69) is 76.6 Å². The molecule has 0 spiro atoms. The first-order valence-electron chi connectivity index (χ1n) is 15.3. The third-order valence-corrected chi connectivity index (χ3v) is 8.03. The van der Waals surface area contributed by atoms with Crippen LogP contribution in [0.5, 0.6) is 17.2 Å². The molecule has 1 N–H and O–H groups in total. The zero-order valence-electron chi connectivity index (χ0n) is 25.1. The summed E-state index contributed by atoms with van der Waals surface area (Å²) in [4.78, 5) is 0.668. The molecule has 4 nitrogen and oxygen atoms in total. The molecule has 1 unspecified atom stereocenters. The summed E-state index contributed by atoms with van der Waals surface area (Å²) in [6, 6.07) is 35.8. The Kier molecular flexibility index (Phi) is 14.7. The van der Waals surface area contributed by atoms with Gasteiger partial charge in [0.15, 0.2) is 0 Å². The molecular weight excluding hydrogens is 611 g/mol. The Balaban J connectivity index is 0.000000167. The Morgan fingerprint density at radius 1 is 0.614 bits per heavy atom. The molecule has 4 aromatic rings. The fraction of sp³-hybridized carbons (Fsp3) is 0.263. The molecule has 0 bridgehead atoms. The van der Waals surface area contributed by atoms with Crippen molar-refractivity contribution < 1.29 is 19.2 Å². The first kappa shape index (κ1) is 33.2. The van der Waals surface area contributed by atoms with Gasteiger partial charge in [0.1, 0.15) is 30.5 Å². The van der Waals surface area contributed by atoms with Crippen LogP contribution >= 0.6 is 15.9 Å². The predicted octanol–water partition coefficient (Wildman–Crippen LogP) is 9.75. The molecule has 0 heterocycles. The Bertz CT molecular complexity index is 1380. The summed E-state index contributed by atoms with van der Waals surface area (Å²) in [5.41, 5.74) is 3.72. The van der Waals surface area contributed by atoms with Gasteiger partial charge in [-0.05, 0) is 91.6 Å². The maximum atomic E-state index is 8.46. The molecule has 0 fully saturated rings. The summed E-state index contributed by atoms with van der Waals surface area (Å²) in [5, 5.41) is 8.46. The second-order valence-electron chi connectivity index (χ2n) is 10.7. The number of ether oxygens (including phenoxy) is 2. The number of allylic oxidation sites excluding steroid dienone is 4. The average Bonchev–Trinajstić information content (AvgIpc) is 3.10. The van der Waals surface area contributed by atoms with Gasteiger partial charge in [0.2, 0.25) is 0 Å². The van der Waals surface area contributed by atoms with Gasteiger partial charge in [0.05, 0.1) is 0 Å². The van der Waals surface area contributed by atoms with E-state index in [1.54, 1.807) is 24.3 Å². The molecular formula is C38H41BBrO4. The van der Waals surface area contributed by atoms with Gasteiger partial charge in [-0.3, -0.25) is 0 Å². The van der Waals surface area contributed by atoms with Gasteiger partial charge in [-0.25, -0.2) is 0 Å². The van der Waals surface area contributed by atoms with Crippen molar-refractivity contribution >= 4 is 23.6 Å². The van der Waals surface area contributed by atoms with E-state index in [-0.39, 0.29) is 0 Å². The largest absolute Gasteiger partial charge is 0.569 e. The number of benzene rings is 4. The van der Waals surface area contributed by atoms with E-state index in [1.807, 2.05) is 48.5 Å². The fourth-order valence-corrected chi connectivity index (χ4v) is 5.37. The van der Waals surface area contributed by atoms with Crippen LogP contribution in [0.4, 0.5) is 0 Å². The van der Waals surface area contributed by atoms with Crippen molar-refractivity contribution in [1.29, 1.82) is 0 Å². The zero-order chi connectivity index (χ0) is 30.7. The molecule has 1 radical (unpaired) electrons. The van der Waals surface area contributed by atoms with E-state index in [9.17, 15) is 0 Å². The second kappa shape index (κ2) is 19.5. The summed E-state index contributed by atoms with van der Waals surface area (Å²) < 4.78 is 16.2. The lowest BCUT2D eigenvalue weighted by Crippen LogP contribution is -1.99. The lowest BCUT2D eigenvalue weighted by atomic mass is 9.89. The van der Waals surface area contributed by atoms with Crippen molar-refractivity contribution in [2.45, 2.75) is 62.5 Å². The molecule has 4 aromatic carbocycles. The highest BCUT2D eigenvalue weighted by Gasteiger charge is 2.10. The molecule has 2 atom stereocenters. The molecule has 6 heteroatoms. The maximum absolute atomic E-state index is 8.46.